The van der Waals surface area contributed by atoms with Crippen molar-refractivity contribution in [3.05, 3.63) is 16.1 Å². The molecular formula is C13H20N6OS. The van der Waals surface area contributed by atoms with Crippen LogP contribution in [0.5, 0.6) is 6.01 Å². The molecule has 0 unspecified atom stereocenters. The first-order valence-corrected chi connectivity index (χ1v) is 7.80. The number of hydrogen-bond donors (Lipinski definition) is 2. The molecule has 0 spiro atoms. The standard InChI is InChI=1S/C13H20N6OS/c1-4-7-20-13-18-11(14-3)17-12(19-13)15-6-5-10-16-9(2)8-21-10/h8H,4-7H2,1-3H3,(H2,14,15,17,18,19). The van der Waals surface area contributed by atoms with Crippen LogP contribution in [0.2, 0.25) is 0 Å². The number of ether oxygens (including phenoxy) is 1. The predicted octanol–water partition coefficient (Wildman–Crippen LogP) is 2.12. The summed E-state index contributed by atoms with van der Waals surface area (Å²) in [6.45, 7) is 5.34. The van der Waals surface area contributed by atoms with Gasteiger partial charge in [0.15, 0.2) is 0 Å². The quantitative estimate of drug-likeness (QED) is 0.772. The van der Waals surface area contributed by atoms with Crippen LogP contribution < -0.4 is 15.4 Å². The van der Waals surface area contributed by atoms with Crippen LogP contribution in [-0.4, -0.2) is 40.1 Å². The van der Waals surface area contributed by atoms with Crippen LogP contribution in [0.1, 0.15) is 24.0 Å². The Morgan fingerprint density at radius 1 is 1.19 bits per heavy atom. The molecule has 0 aromatic carbocycles. The van der Waals surface area contributed by atoms with Crippen molar-refractivity contribution < 1.29 is 4.74 Å². The molecule has 0 fully saturated rings. The molecule has 0 amide bonds. The van der Waals surface area contributed by atoms with Gasteiger partial charge >= 0.3 is 6.01 Å². The van der Waals surface area contributed by atoms with E-state index in [9.17, 15) is 0 Å². The largest absolute Gasteiger partial charge is 0.463 e. The minimum atomic E-state index is 0.337. The monoisotopic (exact) mass is 308 g/mol. The fourth-order valence-electron chi connectivity index (χ4n) is 1.60. The Morgan fingerprint density at radius 2 is 2.00 bits per heavy atom. The van der Waals surface area contributed by atoms with Crippen LogP contribution in [0, 0.1) is 6.92 Å². The lowest BCUT2D eigenvalue weighted by molar-refractivity contribution is 0.292. The van der Waals surface area contributed by atoms with E-state index in [-0.39, 0.29) is 0 Å². The van der Waals surface area contributed by atoms with Gasteiger partial charge in [-0.2, -0.15) is 15.0 Å². The summed E-state index contributed by atoms with van der Waals surface area (Å²) in [7, 11) is 1.76. The fraction of sp³-hybridized carbons (Fsp3) is 0.538. The van der Waals surface area contributed by atoms with Crippen LogP contribution in [0.25, 0.3) is 0 Å². The van der Waals surface area contributed by atoms with E-state index >= 15 is 0 Å². The third-order valence-electron chi connectivity index (χ3n) is 2.56. The van der Waals surface area contributed by atoms with E-state index in [0.29, 0.717) is 31.1 Å². The molecule has 7 nitrogen and oxygen atoms in total. The van der Waals surface area contributed by atoms with Crippen molar-refractivity contribution in [2.75, 3.05) is 30.8 Å². The van der Waals surface area contributed by atoms with E-state index < -0.39 is 0 Å². The third-order valence-corrected chi connectivity index (χ3v) is 3.59. The molecule has 8 heteroatoms. The molecule has 0 atom stereocenters. The summed E-state index contributed by atoms with van der Waals surface area (Å²) in [5, 5.41) is 9.23. The van der Waals surface area contributed by atoms with Crippen LogP contribution in [0.4, 0.5) is 11.9 Å². The van der Waals surface area contributed by atoms with E-state index in [4.69, 9.17) is 4.74 Å². The molecule has 2 N–H and O–H groups in total. The second-order valence-electron chi connectivity index (χ2n) is 4.42. The summed E-state index contributed by atoms with van der Waals surface area (Å²) >= 11 is 1.67. The number of thiazole rings is 1. The Balaban J connectivity index is 1.94. The molecule has 0 bridgehead atoms. The molecule has 0 aliphatic heterocycles. The van der Waals surface area contributed by atoms with Gasteiger partial charge in [-0.1, -0.05) is 6.92 Å². The summed E-state index contributed by atoms with van der Waals surface area (Å²) in [6, 6.07) is 0.337. The van der Waals surface area contributed by atoms with Gasteiger partial charge in [0.2, 0.25) is 11.9 Å². The summed E-state index contributed by atoms with van der Waals surface area (Å²) in [4.78, 5) is 17.1. The van der Waals surface area contributed by atoms with Crippen molar-refractivity contribution in [3.8, 4) is 6.01 Å². The number of anilines is 2. The molecule has 0 radical (unpaired) electrons. The van der Waals surface area contributed by atoms with Gasteiger partial charge in [-0.3, -0.25) is 0 Å². The van der Waals surface area contributed by atoms with Gasteiger partial charge in [-0.15, -0.1) is 11.3 Å². The van der Waals surface area contributed by atoms with Gasteiger partial charge in [0, 0.05) is 31.1 Å². The van der Waals surface area contributed by atoms with E-state index in [1.54, 1.807) is 18.4 Å². The maximum atomic E-state index is 5.45. The number of aryl methyl sites for hydroxylation is 1. The topological polar surface area (TPSA) is 84.9 Å². The lowest BCUT2D eigenvalue weighted by Crippen LogP contribution is -2.12. The second-order valence-corrected chi connectivity index (χ2v) is 5.37. The average Bonchev–Trinajstić information content (AvgIpc) is 2.90. The predicted molar refractivity (Wildman–Crippen MR) is 84.2 cm³/mol. The third kappa shape index (κ3) is 4.82. The van der Waals surface area contributed by atoms with Crippen molar-refractivity contribution in [2.24, 2.45) is 0 Å². The molecule has 21 heavy (non-hydrogen) atoms. The van der Waals surface area contributed by atoms with Crippen molar-refractivity contribution in [1.82, 2.24) is 19.9 Å². The van der Waals surface area contributed by atoms with Crippen LogP contribution >= 0.6 is 11.3 Å². The molecule has 2 rings (SSSR count). The highest BCUT2D eigenvalue weighted by Crippen LogP contribution is 2.12. The molecule has 2 aromatic rings. The Kier molecular flexibility index (Phi) is 5.68. The van der Waals surface area contributed by atoms with Gasteiger partial charge in [-0.25, -0.2) is 4.98 Å². The molecule has 2 aromatic heterocycles. The second kappa shape index (κ2) is 7.72. The van der Waals surface area contributed by atoms with Crippen LogP contribution in [0.15, 0.2) is 5.38 Å². The summed E-state index contributed by atoms with van der Waals surface area (Å²) in [5.74, 6) is 0.998. The zero-order valence-corrected chi connectivity index (χ0v) is 13.3. The lowest BCUT2D eigenvalue weighted by Gasteiger charge is -2.08. The van der Waals surface area contributed by atoms with E-state index in [0.717, 1.165) is 23.5 Å². The number of rotatable bonds is 8. The summed E-state index contributed by atoms with van der Waals surface area (Å²) in [6.07, 6.45) is 1.75. The maximum absolute atomic E-state index is 5.45. The molecule has 114 valence electrons. The molecule has 0 aliphatic carbocycles. The fourth-order valence-corrected chi connectivity index (χ4v) is 2.38. The first-order chi connectivity index (χ1) is 10.2. The van der Waals surface area contributed by atoms with Crippen molar-refractivity contribution >= 4 is 23.2 Å². The zero-order chi connectivity index (χ0) is 15.1. The average molecular weight is 308 g/mol. The zero-order valence-electron chi connectivity index (χ0n) is 12.5. The molecule has 0 saturated carbocycles. The Bertz CT molecular complexity index is 574. The van der Waals surface area contributed by atoms with Crippen molar-refractivity contribution in [3.63, 3.8) is 0 Å². The van der Waals surface area contributed by atoms with E-state index in [1.165, 1.54) is 0 Å². The normalized spacial score (nSPS) is 10.4. The molecular weight excluding hydrogens is 288 g/mol. The number of nitrogens with zero attached hydrogens (tertiary/aromatic N) is 4. The Hall–Kier alpha value is -1.96. The van der Waals surface area contributed by atoms with Gasteiger partial charge in [0.05, 0.1) is 11.6 Å². The minimum Gasteiger partial charge on any atom is -0.463 e. The van der Waals surface area contributed by atoms with Crippen LogP contribution in [0.3, 0.4) is 0 Å². The maximum Gasteiger partial charge on any atom is 0.323 e. The van der Waals surface area contributed by atoms with Crippen molar-refractivity contribution in [1.29, 1.82) is 0 Å². The first-order valence-electron chi connectivity index (χ1n) is 6.92. The SMILES string of the molecule is CCCOc1nc(NC)nc(NCCc2nc(C)cs2)n1. The Labute approximate surface area is 128 Å². The van der Waals surface area contributed by atoms with E-state index in [2.05, 4.69) is 30.6 Å². The minimum absolute atomic E-state index is 0.337. The Morgan fingerprint density at radius 3 is 2.67 bits per heavy atom. The molecule has 0 saturated heterocycles. The highest BCUT2D eigenvalue weighted by molar-refractivity contribution is 7.09. The number of aromatic nitrogens is 4. The lowest BCUT2D eigenvalue weighted by atomic mass is 10.4. The number of hydrogen-bond acceptors (Lipinski definition) is 8. The van der Waals surface area contributed by atoms with Gasteiger partial charge in [0.1, 0.15) is 0 Å². The van der Waals surface area contributed by atoms with Crippen molar-refractivity contribution in [2.45, 2.75) is 26.7 Å². The number of nitrogens with one attached hydrogen (secondary N) is 2. The van der Waals surface area contributed by atoms with Gasteiger partial charge in [-0.05, 0) is 13.3 Å². The highest BCUT2D eigenvalue weighted by Gasteiger charge is 2.06. The molecule has 2 heterocycles. The first kappa shape index (κ1) is 15.4. The summed E-state index contributed by atoms with van der Waals surface area (Å²) in [5.41, 5.74) is 1.06. The molecule has 0 aliphatic rings. The smallest absolute Gasteiger partial charge is 0.323 e. The summed E-state index contributed by atoms with van der Waals surface area (Å²) < 4.78 is 5.45. The van der Waals surface area contributed by atoms with E-state index in [1.807, 2.05) is 19.2 Å². The van der Waals surface area contributed by atoms with Crippen LogP contribution in [-0.2, 0) is 6.42 Å². The van der Waals surface area contributed by atoms with Gasteiger partial charge < -0.3 is 15.4 Å². The highest BCUT2D eigenvalue weighted by atomic mass is 32.1. The van der Waals surface area contributed by atoms with Gasteiger partial charge in [0.25, 0.3) is 0 Å².